The van der Waals surface area contributed by atoms with Gasteiger partial charge >= 0.3 is 0 Å². The zero-order valence-electron chi connectivity index (χ0n) is 18.1. The number of amides is 2. The van der Waals surface area contributed by atoms with Gasteiger partial charge in [0.05, 0.1) is 18.2 Å². The Morgan fingerprint density at radius 3 is 2.75 bits per heavy atom. The number of hydrogen-bond acceptors (Lipinski definition) is 6. The highest BCUT2D eigenvalue weighted by Gasteiger charge is 2.30. The Hall–Kier alpha value is -3.61. The van der Waals surface area contributed by atoms with Gasteiger partial charge in [-0.15, -0.1) is 0 Å². The lowest BCUT2D eigenvalue weighted by Gasteiger charge is -2.17. The molecule has 2 fully saturated rings. The van der Waals surface area contributed by atoms with Crippen LogP contribution in [0.2, 0.25) is 0 Å². The Bertz CT molecular complexity index is 1200. The minimum absolute atomic E-state index is 0.0314. The van der Waals surface area contributed by atoms with Crippen molar-refractivity contribution < 1.29 is 14.7 Å². The second-order valence-corrected chi connectivity index (χ2v) is 8.82. The molecule has 1 aliphatic heterocycles. The van der Waals surface area contributed by atoms with Crippen molar-refractivity contribution in [1.82, 2.24) is 24.4 Å². The first-order valence-corrected chi connectivity index (χ1v) is 10.8. The number of nitrogens with one attached hydrogen (secondary N) is 1. The molecule has 168 valence electrons. The molecule has 2 amide bonds. The van der Waals surface area contributed by atoms with Crippen LogP contribution >= 0.6 is 0 Å². The maximum Gasteiger partial charge on any atom is 0.291 e. The summed E-state index contributed by atoms with van der Waals surface area (Å²) in [6, 6.07) is 2.21. The minimum atomic E-state index is -0.710. The van der Waals surface area contributed by atoms with Crippen LogP contribution in [0.1, 0.15) is 49.0 Å². The van der Waals surface area contributed by atoms with Crippen molar-refractivity contribution >= 4 is 23.5 Å². The molecule has 2 aromatic heterocycles. The summed E-state index contributed by atoms with van der Waals surface area (Å²) in [7, 11) is 0. The molecule has 3 heterocycles. The van der Waals surface area contributed by atoms with Crippen LogP contribution in [0.25, 0.3) is 11.7 Å². The highest BCUT2D eigenvalue weighted by molar-refractivity contribution is 5.97. The monoisotopic (exact) mass is 438 g/mol. The van der Waals surface area contributed by atoms with E-state index in [-0.39, 0.29) is 29.3 Å². The quantitative estimate of drug-likeness (QED) is 0.650. The predicted octanol–water partition coefficient (Wildman–Crippen LogP) is 1.14. The summed E-state index contributed by atoms with van der Waals surface area (Å²) in [6.07, 6.45) is 6.72. The van der Waals surface area contributed by atoms with Gasteiger partial charge < -0.3 is 15.3 Å². The summed E-state index contributed by atoms with van der Waals surface area (Å²) in [5.41, 5.74) is -0.265. The van der Waals surface area contributed by atoms with E-state index in [0.717, 1.165) is 17.4 Å². The Morgan fingerprint density at radius 1 is 1.38 bits per heavy atom. The zero-order valence-corrected chi connectivity index (χ0v) is 18.1. The maximum atomic E-state index is 13.0. The third kappa shape index (κ3) is 4.10. The number of aromatic nitrogens is 3. The molecule has 0 radical (unpaired) electrons. The van der Waals surface area contributed by atoms with Crippen LogP contribution in [-0.4, -0.2) is 55.1 Å². The number of carbonyl (C=O) groups excluding carboxylic acids is 2. The molecule has 0 bridgehead atoms. The number of carbonyl (C=O) groups is 2. The molecule has 1 aliphatic carbocycles. The third-order valence-electron chi connectivity index (χ3n) is 5.69. The molecular formula is C22H26N6O4. The van der Waals surface area contributed by atoms with Crippen molar-refractivity contribution in [3.05, 3.63) is 33.8 Å². The van der Waals surface area contributed by atoms with Gasteiger partial charge in [-0.3, -0.25) is 19.0 Å². The zero-order chi connectivity index (χ0) is 23.0. The lowest BCUT2D eigenvalue weighted by Crippen LogP contribution is -2.34. The fourth-order valence-electron chi connectivity index (χ4n) is 3.88. The molecule has 32 heavy (non-hydrogen) atoms. The van der Waals surface area contributed by atoms with E-state index >= 15 is 0 Å². The second-order valence-electron chi connectivity index (χ2n) is 8.82. The molecule has 1 saturated carbocycles. The minimum Gasteiger partial charge on any atom is -0.494 e. The van der Waals surface area contributed by atoms with Gasteiger partial charge in [0.2, 0.25) is 11.8 Å². The average Bonchev–Trinajstić information content (AvgIpc) is 3.26. The molecule has 0 spiro atoms. The van der Waals surface area contributed by atoms with Gasteiger partial charge in [0.25, 0.3) is 11.5 Å². The summed E-state index contributed by atoms with van der Waals surface area (Å²) in [6.45, 7) is 5.16. The number of fused-ring (bicyclic) bond motifs is 1. The van der Waals surface area contributed by atoms with E-state index in [1.165, 1.54) is 16.8 Å². The summed E-state index contributed by atoms with van der Waals surface area (Å²) >= 11 is 0. The van der Waals surface area contributed by atoms with Gasteiger partial charge in [-0.1, -0.05) is 13.8 Å². The highest BCUT2D eigenvalue weighted by Crippen LogP contribution is 2.25. The molecule has 10 heteroatoms. The van der Waals surface area contributed by atoms with Crippen molar-refractivity contribution in [3.63, 3.8) is 0 Å². The fraction of sp³-hybridized carbons (Fsp3) is 0.500. The highest BCUT2D eigenvalue weighted by atomic mass is 16.3. The van der Waals surface area contributed by atoms with Crippen LogP contribution in [0, 0.1) is 23.2 Å². The largest absolute Gasteiger partial charge is 0.494 e. The van der Waals surface area contributed by atoms with Crippen LogP contribution < -0.4 is 10.9 Å². The lowest BCUT2D eigenvalue weighted by molar-refractivity contribution is -0.125. The van der Waals surface area contributed by atoms with E-state index in [1.54, 1.807) is 11.0 Å². The SMILES string of the molecule is CC(C)Cn1c(O)c(C(=O)NC2CC2)c(=O)n2ncc(C=CC(=O)N3CCC(C#N)C3)c12. The van der Waals surface area contributed by atoms with Crippen molar-refractivity contribution in [2.45, 2.75) is 45.7 Å². The molecule has 2 N–H and O–H groups in total. The van der Waals surface area contributed by atoms with Gasteiger partial charge in [-0.25, -0.2) is 0 Å². The maximum absolute atomic E-state index is 13.0. The molecule has 4 rings (SSSR count). The number of rotatable bonds is 6. The Morgan fingerprint density at radius 2 is 2.12 bits per heavy atom. The van der Waals surface area contributed by atoms with E-state index in [4.69, 9.17) is 5.26 Å². The van der Waals surface area contributed by atoms with E-state index in [9.17, 15) is 19.5 Å². The van der Waals surface area contributed by atoms with E-state index in [2.05, 4.69) is 16.5 Å². The van der Waals surface area contributed by atoms with E-state index in [1.807, 2.05) is 13.8 Å². The van der Waals surface area contributed by atoms with Gasteiger partial charge in [-0.05, 0) is 31.3 Å². The standard InChI is InChI=1S/C22H26N6O4/c1-13(2)11-27-20-15(3-6-17(29)26-8-7-14(9-23)12-26)10-24-28(20)22(32)18(21(27)31)19(30)25-16-4-5-16/h3,6,10,13-14,16,31H,4-5,7-8,11-12H2,1-2H3,(H,25,30). The van der Waals surface area contributed by atoms with Crippen molar-refractivity contribution in [2.75, 3.05) is 13.1 Å². The third-order valence-corrected chi connectivity index (χ3v) is 5.69. The van der Waals surface area contributed by atoms with Crippen LogP contribution in [0.4, 0.5) is 0 Å². The molecule has 1 unspecified atom stereocenters. The van der Waals surface area contributed by atoms with Crippen LogP contribution in [0.15, 0.2) is 17.1 Å². The van der Waals surface area contributed by atoms with Crippen LogP contribution in [-0.2, 0) is 11.3 Å². The summed E-state index contributed by atoms with van der Waals surface area (Å²) in [4.78, 5) is 39.7. The van der Waals surface area contributed by atoms with E-state index in [0.29, 0.717) is 37.3 Å². The Labute approximate surface area is 184 Å². The van der Waals surface area contributed by atoms with Crippen LogP contribution in [0.5, 0.6) is 5.88 Å². The number of nitrogens with zero attached hydrogens (tertiary/aromatic N) is 5. The molecular weight excluding hydrogens is 412 g/mol. The van der Waals surface area contributed by atoms with Gasteiger partial charge in [0.1, 0.15) is 5.65 Å². The second kappa shape index (κ2) is 8.49. The van der Waals surface area contributed by atoms with Gasteiger partial charge in [0.15, 0.2) is 5.56 Å². The topological polar surface area (TPSA) is 133 Å². The summed E-state index contributed by atoms with van der Waals surface area (Å²) in [5, 5.41) is 26.8. The average molecular weight is 438 g/mol. The van der Waals surface area contributed by atoms with Crippen molar-refractivity contribution in [2.24, 2.45) is 11.8 Å². The molecule has 2 aromatic rings. The summed E-state index contributed by atoms with van der Waals surface area (Å²) < 4.78 is 2.59. The smallest absolute Gasteiger partial charge is 0.291 e. The normalized spacial score (nSPS) is 18.6. The first-order chi connectivity index (χ1) is 15.3. The van der Waals surface area contributed by atoms with Gasteiger partial charge in [0, 0.05) is 37.3 Å². The molecule has 2 aliphatic rings. The fourth-order valence-corrected chi connectivity index (χ4v) is 3.88. The number of likely N-dealkylation sites (tertiary alicyclic amines) is 1. The Kier molecular flexibility index (Phi) is 5.74. The Balaban J connectivity index is 1.73. The first kappa shape index (κ1) is 21.6. The number of hydrogen-bond donors (Lipinski definition) is 2. The van der Waals surface area contributed by atoms with Crippen molar-refractivity contribution in [3.8, 4) is 11.9 Å². The number of aromatic hydroxyl groups is 1. The molecule has 1 saturated heterocycles. The van der Waals surface area contributed by atoms with Crippen molar-refractivity contribution in [1.29, 1.82) is 5.26 Å². The first-order valence-electron chi connectivity index (χ1n) is 10.8. The molecule has 0 aromatic carbocycles. The molecule has 1 atom stereocenters. The van der Waals surface area contributed by atoms with Gasteiger partial charge in [-0.2, -0.15) is 14.9 Å². The number of nitriles is 1. The van der Waals surface area contributed by atoms with E-state index < -0.39 is 17.3 Å². The van der Waals surface area contributed by atoms with Crippen LogP contribution in [0.3, 0.4) is 0 Å². The lowest BCUT2D eigenvalue weighted by atomic mass is 10.1. The predicted molar refractivity (Wildman–Crippen MR) is 116 cm³/mol. The summed E-state index contributed by atoms with van der Waals surface area (Å²) in [5.74, 6) is -1.31. The molecule has 10 nitrogen and oxygen atoms in total.